The molecule has 1 aliphatic rings. The molecular weight excluding hydrogens is 201 g/mol. The van der Waals surface area contributed by atoms with Crippen molar-refractivity contribution in [2.24, 2.45) is 0 Å². The first-order valence-electron chi connectivity index (χ1n) is 6.13. The maximum Gasteiger partial charge on any atom is 0.122 e. The molecule has 0 aromatic carbocycles. The van der Waals surface area contributed by atoms with Crippen LogP contribution in [0.2, 0.25) is 0 Å². The first kappa shape index (κ1) is 15.1. The van der Waals surface area contributed by atoms with Crippen LogP contribution in [0, 0.1) is 0 Å². The molecule has 0 aromatic rings. The standard InChI is InChI=1S/C12H18FN.C2H6/c1-3-11(9-12(13)4-2)10-14-7-5-6-8-14;1-2/h3-4,9H,2,5-8,10H2,1H3;1-2H3/b11-3+,12-9+;. The number of likely N-dealkylation sites (tertiary alicyclic amines) is 1. The molecule has 0 spiro atoms. The molecule has 0 saturated carbocycles. The van der Waals surface area contributed by atoms with Crippen molar-refractivity contribution in [3.05, 3.63) is 36.2 Å². The van der Waals surface area contributed by atoms with Crippen molar-refractivity contribution in [3.63, 3.8) is 0 Å². The molecule has 1 heterocycles. The molecule has 0 aliphatic carbocycles. The van der Waals surface area contributed by atoms with E-state index >= 15 is 0 Å². The molecule has 92 valence electrons. The lowest BCUT2D eigenvalue weighted by atomic mass is 10.2. The van der Waals surface area contributed by atoms with Crippen LogP contribution in [-0.2, 0) is 0 Å². The molecule has 1 nitrogen and oxygen atoms in total. The van der Waals surface area contributed by atoms with E-state index in [0.717, 1.165) is 25.2 Å². The minimum absolute atomic E-state index is 0.253. The van der Waals surface area contributed by atoms with E-state index in [1.54, 1.807) is 6.08 Å². The quantitative estimate of drug-likeness (QED) is 0.651. The smallest absolute Gasteiger partial charge is 0.122 e. The highest BCUT2D eigenvalue weighted by atomic mass is 19.1. The Kier molecular flexibility index (Phi) is 8.82. The Morgan fingerprint density at radius 2 is 1.88 bits per heavy atom. The summed E-state index contributed by atoms with van der Waals surface area (Å²) >= 11 is 0. The predicted molar refractivity (Wildman–Crippen MR) is 70.2 cm³/mol. The molecule has 1 saturated heterocycles. The van der Waals surface area contributed by atoms with Gasteiger partial charge in [0.2, 0.25) is 0 Å². The third kappa shape index (κ3) is 5.86. The maximum atomic E-state index is 12.9. The molecule has 0 aromatic heterocycles. The van der Waals surface area contributed by atoms with Crippen molar-refractivity contribution in [1.29, 1.82) is 0 Å². The molecule has 1 rings (SSSR count). The number of halogens is 1. The average Bonchev–Trinajstić information content (AvgIpc) is 2.83. The van der Waals surface area contributed by atoms with Crippen LogP contribution in [0.3, 0.4) is 0 Å². The van der Waals surface area contributed by atoms with Gasteiger partial charge in [-0.3, -0.25) is 4.90 Å². The van der Waals surface area contributed by atoms with Gasteiger partial charge in [0.15, 0.2) is 0 Å². The average molecular weight is 225 g/mol. The number of rotatable bonds is 4. The Hall–Kier alpha value is -0.890. The number of hydrogen-bond donors (Lipinski definition) is 0. The van der Waals surface area contributed by atoms with Crippen molar-refractivity contribution in [3.8, 4) is 0 Å². The molecule has 1 fully saturated rings. The van der Waals surface area contributed by atoms with E-state index in [0.29, 0.717) is 0 Å². The van der Waals surface area contributed by atoms with Crippen molar-refractivity contribution in [2.75, 3.05) is 19.6 Å². The molecule has 2 heteroatoms. The van der Waals surface area contributed by atoms with Crippen LogP contribution in [-0.4, -0.2) is 24.5 Å². The summed E-state index contributed by atoms with van der Waals surface area (Å²) in [6.45, 7) is 12.5. The first-order chi connectivity index (χ1) is 7.76. The summed E-state index contributed by atoms with van der Waals surface area (Å²) < 4.78 is 12.9. The van der Waals surface area contributed by atoms with Gasteiger partial charge in [0, 0.05) is 6.54 Å². The van der Waals surface area contributed by atoms with E-state index < -0.39 is 0 Å². The summed E-state index contributed by atoms with van der Waals surface area (Å²) in [5, 5.41) is 0. The van der Waals surface area contributed by atoms with Gasteiger partial charge in [-0.2, -0.15) is 0 Å². The Labute approximate surface area is 99.3 Å². The molecule has 1 aliphatic heterocycles. The van der Waals surface area contributed by atoms with Crippen LogP contribution in [0.15, 0.2) is 36.2 Å². The third-order valence-electron chi connectivity index (χ3n) is 2.49. The van der Waals surface area contributed by atoms with Gasteiger partial charge >= 0.3 is 0 Å². The molecule has 0 amide bonds. The highest BCUT2D eigenvalue weighted by Gasteiger charge is 2.11. The maximum absolute atomic E-state index is 12.9. The van der Waals surface area contributed by atoms with Crippen LogP contribution in [0.4, 0.5) is 4.39 Å². The second-order valence-electron chi connectivity index (χ2n) is 3.58. The topological polar surface area (TPSA) is 3.24 Å². The van der Waals surface area contributed by atoms with E-state index in [9.17, 15) is 4.39 Å². The van der Waals surface area contributed by atoms with E-state index in [-0.39, 0.29) is 5.83 Å². The minimum atomic E-state index is -0.253. The van der Waals surface area contributed by atoms with Gasteiger partial charge < -0.3 is 0 Å². The predicted octanol–water partition coefficient (Wildman–Crippen LogP) is 4.09. The molecule has 16 heavy (non-hydrogen) atoms. The van der Waals surface area contributed by atoms with Gasteiger partial charge in [-0.05, 0) is 50.6 Å². The van der Waals surface area contributed by atoms with Gasteiger partial charge in [-0.1, -0.05) is 26.5 Å². The molecule has 0 unspecified atom stereocenters. The van der Waals surface area contributed by atoms with Crippen molar-refractivity contribution in [2.45, 2.75) is 33.6 Å². The lowest BCUT2D eigenvalue weighted by Crippen LogP contribution is -2.21. The molecule has 0 radical (unpaired) electrons. The van der Waals surface area contributed by atoms with Gasteiger partial charge in [0.25, 0.3) is 0 Å². The van der Waals surface area contributed by atoms with Gasteiger partial charge in [-0.25, -0.2) is 4.39 Å². The highest BCUT2D eigenvalue weighted by molar-refractivity contribution is 5.26. The largest absolute Gasteiger partial charge is 0.299 e. The summed E-state index contributed by atoms with van der Waals surface area (Å²) in [6.07, 6.45) is 7.30. The monoisotopic (exact) mass is 225 g/mol. The van der Waals surface area contributed by atoms with Gasteiger partial charge in [-0.15, -0.1) is 0 Å². The fourth-order valence-corrected chi connectivity index (χ4v) is 1.66. The third-order valence-corrected chi connectivity index (χ3v) is 2.49. The van der Waals surface area contributed by atoms with Gasteiger partial charge in [0.05, 0.1) is 0 Å². The van der Waals surface area contributed by atoms with Crippen molar-refractivity contribution in [1.82, 2.24) is 4.90 Å². The highest BCUT2D eigenvalue weighted by Crippen LogP contribution is 2.12. The fourth-order valence-electron chi connectivity index (χ4n) is 1.66. The van der Waals surface area contributed by atoms with E-state index in [2.05, 4.69) is 11.5 Å². The van der Waals surface area contributed by atoms with Gasteiger partial charge in [0.1, 0.15) is 5.83 Å². The summed E-state index contributed by atoms with van der Waals surface area (Å²) in [5.41, 5.74) is 1.03. The van der Waals surface area contributed by atoms with E-state index in [1.165, 1.54) is 18.9 Å². The molecular formula is C14H24FN. The summed E-state index contributed by atoms with van der Waals surface area (Å²) in [5.74, 6) is -0.253. The Balaban J connectivity index is 0.00000106. The van der Waals surface area contributed by atoms with Crippen LogP contribution >= 0.6 is 0 Å². The molecule has 0 bridgehead atoms. The lowest BCUT2D eigenvalue weighted by Gasteiger charge is -2.14. The summed E-state index contributed by atoms with van der Waals surface area (Å²) in [7, 11) is 0. The SMILES string of the molecule is C=C/C(F)=C\C(=C/C)CN1CCCC1.CC. The van der Waals surface area contributed by atoms with Crippen LogP contribution in [0.1, 0.15) is 33.6 Å². The second kappa shape index (κ2) is 9.34. The number of allylic oxidation sites excluding steroid dienone is 3. The van der Waals surface area contributed by atoms with Crippen LogP contribution in [0.5, 0.6) is 0 Å². The zero-order valence-electron chi connectivity index (χ0n) is 10.8. The fraction of sp³-hybridized carbons (Fsp3) is 0.571. The van der Waals surface area contributed by atoms with E-state index in [1.807, 2.05) is 26.8 Å². The van der Waals surface area contributed by atoms with Crippen LogP contribution in [0.25, 0.3) is 0 Å². The lowest BCUT2D eigenvalue weighted by molar-refractivity contribution is 0.371. The first-order valence-corrected chi connectivity index (χ1v) is 6.13. The van der Waals surface area contributed by atoms with Crippen molar-refractivity contribution >= 4 is 0 Å². The summed E-state index contributed by atoms with van der Waals surface area (Å²) in [6, 6.07) is 0. The normalized spacial score (nSPS) is 18.0. The Bertz CT molecular complexity index is 247. The molecule has 0 N–H and O–H groups in total. The summed E-state index contributed by atoms with van der Waals surface area (Å²) in [4.78, 5) is 2.35. The van der Waals surface area contributed by atoms with Crippen LogP contribution < -0.4 is 0 Å². The molecule has 0 atom stereocenters. The Morgan fingerprint density at radius 1 is 1.31 bits per heavy atom. The number of hydrogen-bond acceptors (Lipinski definition) is 1. The number of nitrogens with zero attached hydrogens (tertiary/aromatic N) is 1. The minimum Gasteiger partial charge on any atom is -0.299 e. The second-order valence-corrected chi connectivity index (χ2v) is 3.58. The zero-order chi connectivity index (χ0) is 12.4. The van der Waals surface area contributed by atoms with Crippen molar-refractivity contribution < 1.29 is 4.39 Å². The Morgan fingerprint density at radius 3 is 2.31 bits per heavy atom. The zero-order valence-corrected chi connectivity index (χ0v) is 10.8. The van der Waals surface area contributed by atoms with E-state index in [4.69, 9.17) is 0 Å².